The second kappa shape index (κ2) is 11.5. The van der Waals surface area contributed by atoms with E-state index in [-0.39, 0.29) is 36.4 Å². The number of sulfonamides is 1. The van der Waals surface area contributed by atoms with Gasteiger partial charge in [-0.25, -0.2) is 22.3 Å². The van der Waals surface area contributed by atoms with Crippen LogP contribution in [0.2, 0.25) is 0 Å². The van der Waals surface area contributed by atoms with Gasteiger partial charge >= 0.3 is 6.03 Å². The number of amides is 3. The van der Waals surface area contributed by atoms with E-state index in [4.69, 9.17) is 16.0 Å². The third-order valence-corrected chi connectivity index (χ3v) is 6.10. The fourth-order valence-corrected chi connectivity index (χ4v) is 4.35. The molecule has 0 aromatic heterocycles. The van der Waals surface area contributed by atoms with Gasteiger partial charge in [-0.1, -0.05) is 17.7 Å². The monoisotopic (exact) mass is 471 g/mol. The normalized spacial score (nSPS) is 15.2. The molecule has 0 aliphatic carbocycles. The number of urea groups is 1. The van der Waals surface area contributed by atoms with Crippen molar-refractivity contribution >= 4 is 27.8 Å². The molecular weight excluding hydrogens is 445 g/mol. The maximum atomic E-state index is 13.9. The zero-order valence-corrected chi connectivity index (χ0v) is 18.3. The first-order valence-corrected chi connectivity index (χ1v) is 11.5. The van der Waals surface area contributed by atoms with E-state index in [2.05, 4.69) is 20.4 Å². The van der Waals surface area contributed by atoms with Gasteiger partial charge in [-0.05, 0) is 37.5 Å². The summed E-state index contributed by atoms with van der Waals surface area (Å²) in [6, 6.07) is 2.84. The van der Waals surface area contributed by atoms with Crippen LogP contribution >= 0.6 is 0 Å². The standard InChI is InChI=1S/C18H26FN7O5S/c1-12(13-5-6-14(19)15(9-13)31-11-16(20)23-25-21)24-32(29,30)8-4-2-3-7-26-10-17(27)22-18(26)28/h5-6,9,12,24H,2-4,7-8,10-11H2,1H3,(H3,20,21,23)(H,22,27,28)/t12-/m1/s1. The van der Waals surface area contributed by atoms with E-state index in [0.29, 0.717) is 31.4 Å². The van der Waals surface area contributed by atoms with Gasteiger partial charge in [-0.15, -0.1) is 5.11 Å². The molecule has 1 saturated heterocycles. The van der Waals surface area contributed by atoms with E-state index in [0.717, 1.165) is 6.07 Å². The minimum atomic E-state index is -3.61. The highest BCUT2D eigenvalue weighted by molar-refractivity contribution is 7.89. The van der Waals surface area contributed by atoms with Crippen molar-refractivity contribution in [3.05, 3.63) is 29.6 Å². The summed E-state index contributed by atoms with van der Waals surface area (Å²) in [5, 5.41) is 15.8. The Labute approximate surface area is 184 Å². The van der Waals surface area contributed by atoms with Gasteiger partial charge in [0.05, 0.1) is 5.75 Å². The maximum absolute atomic E-state index is 13.9. The maximum Gasteiger partial charge on any atom is 0.324 e. The Morgan fingerprint density at radius 2 is 2.12 bits per heavy atom. The summed E-state index contributed by atoms with van der Waals surface area (Å²) in [5.74, 6) is 3.24. The van der Waals surface area contributed by atoms with Crippen molar-refractivity contribution in [3.8, 4) is 5.75 Å². The van der Waals surface area contributed by atoms with Crippen LogP contribution in [-0.4, -0.2) is 56.5 Å². The van der Waals surface area contributed by atoms with E-state index in [1.807, 2.05) is 0 Å². The first-order chi connectivity index (χ1) is 15.1. The molecule has 2 rings (SSSR count). The summed E-state index contributed by atoms with van der Waals surface area (Å²) in [4.78, 5) is 23.9. The van der Waals surface area contributed by atoms with Crippen molar-refractivity contribution in [2.24, 2.45) is 16.2 Å². The van der Waals surface area contributed by atoms with Crippen molar-refractivity contribution in [3.63, 3.8) is 0 Å². The third kappa shape index (κ3) is 7.85. The Bertz CT molecular complexity index is 986. The SMILES string of the molecule is C[C@@H](NS(=O)(=O)CCCCCN1CC(=O)NC1=O)c1ccc(F)c(OCC(=N)N=NN)c1. The fraction of sp³-hybridized carbons (Fsp3) is 0.500. The molecule has 0 saturated carbocycles. The van der Waals surface area contributed by atoms with Gasteiger partial charge in [0.2, 0.25) is 15.9 Å². The lowest BCUT2D eigenvalue weighted by Gasteiger charge is -2.16. The summed E-state index contributed by atoms with van der Waals surface area (Å²) in [5.41, 5.74) is 0.474. The van der Waals surface area contributed by atoms with Gasteiger partial charge in [-0.2, -0.15) is 0 Å². The first kappa shape index (κ1) is 25.1. The van der Waals surface area contributed by atoms with E-state index in [1.54, 1.807) is 6.92 Å². The van der Waals surface area contributed by atoms with Crippen LogP contribution in [0.4, 0.5) is 9.18 Å². The summed E-state index contributed by atoms with van der Waals surface area (Å²) < 4.78 is 46.4. The van der Waals surface area contributed by atoms with Crippen LogP contribution in [0.5, 0.6) is 5.75 Å². The Balaban J connectivity index is 1.81. The number of hydrogen-bond donors (Lipinski definition) is 4. The van der Waals surface area contributed by atoms with Crippen molar-refractivity contribution < 1.29 is 27.1 Å². The Hall–Kier alpha value is -3.13. The van der Waals surface area contributed by atoms with Gasteiger partial charge < -0.3 is 15.5 Å². The Morgan fingerprint density at radius 1 is 1.38 bits per heavy atom. The number of imide groups is 1. The van der Waals surface area contributed by atoms with Gasteiger partial charge in [0.15, 0.2) is 17.4 Å². The topological polar surface area (TPSA) is 179 Å². The molecular formula is C18H26FN7O5S. The molecule has 1 atom stereocenters. The molecule has 0 bridgehead atoms. The molecule has 1 aliphatic heterocycles. The molecule has 3 amide bonds. The van der Waals surface area contributed by atoms with Crippen molar-refractivity contribution in [1.29, 1.82) is 5.41 Å². The lowest BCUT2D eigenvalue weighted by molar-refractivity contribution is -0.118. The fourth-order valence-electron chi connectivity index (χ4n) is 2.98. The highest BCUT2D eigenvalue weighted by Gasteiger charge is 2.25. The molecule has 1 aromatic rings. The number of carbonyl (C=O) groups is 2. The van der Waals surface area contributed by atoms with Crippen LogP contribution in [0.15, 0.2) is 28.5 Å². The third-order valence-electron chi connectivity index (χ3n) is 4.56. The molecule has 32 heavy (non-hydrogen) atoms. The predicted molar refractivity (Wildman–Crippen MR) is 113 cm³/mol. The molecule has 1 heterocycles. The molecule has 0 radical (unpaired) electrons. The highest BCUT2D eigenvalue weighted by Crippen LogP contribution is 2.23. The number of hydrogen-bond acceptors (Lipinski definition) is 7. The van der Waals surface area contributed by atoms with Crippen LogP contribution in [0, 0.1) is 11.2 Å². The number of nitrogens with zero attached hydrogens (tertiary/aromatic N) is 3. The lowest BCUT2D eigenvalue weighted by Crippen LogP contribution is -2.30. The molecule has 0 spiro atoms. The second-order valence-electron chi connectivity index (χ2n) is 7.13. The van der Waals surface area contributed by atoms with E-state index in [1.165, 1.54) is 17.0 Å². The summed E-state index contributed by atoms with van der Waals surface area (Å²) >= 11 is 0. The number of benzene rings is 1. The van der Waals surface area contributed by atoms with Crippen molar-refractivity contribution in [1.82, 2.24) is 14.9 Å². The van der Waals surface area contributed by atoms with Crippen LogP contribution in [0.3, 0.4) is 0 Å². The molecule has 176 valence electrons. The van der Waals surface area contributed by atoms with Gasteiger partial charge in [0, 0.05) is 12.6 Å². The van der Waals surface area contributed by atoms with Crippen LogP contribution in [0.25, 0.3) is 0 Å². The number of unbranched alkanes of at least 4 members (excludes halogenated alkanes) is 2. The number of nitrogens with one attached hydrogen (secondary N) is 3. The highest BCUT2D eigenvalue weighted by atomic mass is 32.2. The van der Waals surface area contributed by atoms with E-state index in [9.17, 15) is 22.4 Å². The molecule has 14 heteroatoms. The largest absolute Gasteiger partial charge is 0.482 e. The molecule has 1 fully saturated rings. The number of halogens is 1. The number of rotatable bonds is 12. The summed E-state index contributed by atoms with van der Waals surface area (Å²) in [6.07, 6.45) is 1.51. The Morgan fingerprint density at radius 3 is 2.78 bits per heavy atom. The van der Waals surface area contributed by atoms with Crippen molar-refractivity contribution in [2.75, 3.05) is 25.4 Å². The molecule has 5 N–H and O–H groups in total. The molecule has 12 nitrogen and oxygen atoms in total. The average Bonchev–Trinajstić information content (AvgIpc) is 3.03. The smallest absolute Gasteiger partial charge is 0.324 e. The minimum Gasteiger partial charge on any atom is -0.482 e. The van der Waals surface area contributed by atoms with Crippen LogP contribution in [0.1, 0.15) is 37.8 Å². The molecule has 1 aliphatic rings. The number of amidine groups is 1. The Kier molecular flexibility index (Phi) is 9.02. The van der Waals surface area contributed by atoms with E-state index >= 15 is 0 Å². The number of ether oxygens (including phenoxy) is 1. The van der Waals surface area contributed by atoms with Gasteiger partial charge in [0.1, 0.15) is 13.2 Å². The summed E-state index contributed by atoms with van der Waals surface area (Å²) in [7, 11) is -3.61. The van der Waals surface area contributed by atoms with Gasteiger partial charge in [0.25, 0.3) is 0 Å². The van der Waals surface area contributed by atoms with Crippen molar-refractivity contribution in [2.45, 2.75) is 32.2 Å². The van der Waals surface area contributed by atoms with Gasteiger partial charge in [-0.3, -0.25) is 15.5 Å². The van der Waals surface area contributed by atoms with Crippen LogP contribution < -0.4 is 20.6 Å². The molecule has 1 aromatic carbocycles. The lowest BCUT2D eigenvalue weighted by atomic mass is 10.1. The van der Waals surface area contributed by atoms with E-state index < -0.39 is 27.9 Å². The minimum absolute atomic E-state index is 0.0256. The number of carbonyl (C=O) groups excluding carboxylic acids is 2. The zero-order valence-electron chi connectivity index (χ0n) is 17.5. The first-order valence-electron chi connectivity index (χ1n) is 9.80. The number of nitrogens with two attached hydrogens (primary N) is 1. The molecule has 0 unspecified atom stereocenters. The predicted octanol–water partition coefficient (Wildman–Crippen LogP) is 1.21. The average molecular weight is 472 g/mol. The van der Waals surface area contributed by atoms with Crippen LogP contribution in [-0.2, 0) is 14.8 Å². The zero-order chi connectivity index (χ0) is 23.7. The quantitative estimate of drug-likeness (QED) is 0.0676. The second-order valence-corrected chi connectivity index (χ2v) is 9.01. The summed E-state index contributed by atoms with van der Waals surface area (Å²) in [6.45, 7) is 1.67.